The van der Waals surface area contributed by atoms with Crippen molar-refractivity contribution in [3.63, 3.8) is 0 Å². The molecular formula is C7H15N3O5. The fourth-order valence-electron chi connectivity index (χ4n) is 1.50. The van der Waals surface area contributed by atoms with Crippen LogP contribution in [0.15, 0.2) is 0 Å². The van der Waals surface area contributed by atoms with Crippen LogP contribution in [0.3, 0.4) is 0 Å². The molecule has 1 aliphatic heterocycles. The largest absolute Gasteiger partial charge is 0.457 e. The van der Waals surface area contributed by atoms with Crippen molar-refractivity contribution in [2.45, 2.75) is 31.2 Å². The van der Waals surface area contributed by atoms with Crippen molar-refractivity contribution in [2.24, 2.45) is 17.7 Å². The summed E-state index contributed by atoms with van der Waals surface area (Å²) in [7, 11) is 0. The minimum absolute atomic E-state index is 0.361. The Hall–Kier alpha value is -0.770. The van der Waals surface area contributed by atoms with E-state index in [0.717, 1.165) is 0 Å². The van der Waals surface area contributed by atoms with Gasteiger partial charge in [0.1, 0.15) is 6.10 Å². The van der Waals surface area contributed by atoms with E-state index in [2.05, 4.69) is 14.5 Å². The minimum atomic E-state index is -0.973. The third-order valence-corrected chi connectivity index (χ3v) is 2.22. The van der Waals surface area contributed by atoms with E-state index in [-0.39, 0.29) is 0 Å². The van der Waals surface area contributed by atoms with Crippen molar-refractivity contribution in [2.75, 3.05) is 6.61 Å². The molecule has 0 aliphatic carbocycles. The molecule has 0 aromatic heterocycles. The first-order valence-corrected chi connectivity index (χ1v) is 4.47. The molecule has 0 saturated carbocycles. The second-order valence-corrected chi connectivity index (χ2v) is 3.15. The second kappa shape index (κ2) is 5.95. The van der Waals surface area contributed by atoms with E-state index < -0.39 is 24.3 Å². The van der Waals surface area contributed by atoms with Crippen LogP contribution >= 0.6 is 0 Å². The number of cyclic esters (lactones) is 1. The fraction of sp³-hybridized carbons (Fsp3) is 0.857. The molecule has 0 spiro atoms. The highest BCUT2D eigenvalue weighted by Gasteiger charge is 2.46. The topological polar surface area (TPSA) is 132 Å². The lowest BCUT2D eigenvalue weighted by Crippen LogP contribution is -2.39. The van der Waals surface area contributed by atoms with Crippen LogP contribution in [0.4, 0.5) is 0 Å². The molecule has 1 fully saturated rings. The predicted molar refractivity (Wildman–Crippen MR) is 47.4 cm³/mol. The zero-order valence-electron chi connectivity index (χ0n) is 8.13. The molecular weight excluding hydrogens is 206 g/mol. The van der Waals surface area contributed by atoms with Gasteiger partial charge in [-0.05, 0) is 12.8 Å². The Labute approximate surface area is 86.4 Å². The van der Waals surface area contributed by atoms with Crippen LogP contribution in [0.5, 0.6) is 0 Å². The first-order valence-electron chi connectivity index (χ1n) is 4.47. The van der Waals surface area contributed by atoms with Crippen molar-refractivity contribution in [1.82, 2.24) is 0 Å². The van der Waals surface area contributed by atoms with Gasteiger partial charge in [-0.25, -0.2) is 22.5 Å². The smallest absolute Gasteiger partial charge is 0.340 e. The third kappa shape index (κ3) is 2.84. The van der Waals surface area contributed by atoms with Crippen LogP contribution in [-0.4, -0.2) is 30.9 Å². The maximum absolute atomic E-state index is 11.2. The number of rotatable bonds is 6. The first kappa shape index (κ1) is 12.3. The molecule has 1 aliphatic rings. The maximum atomic E-state index is 11.2. The number of ether oxygens (including phenoxy) is 1. The molecule has 1 saturated heterocycles. The summed E-state index contributed by atoms with van der Waals surface area (Å²) in [4.78, 5) is 24.6. The van der Waals surface area contributed by atoms with Gasteiger partial charge in [0.15, 0.2) is 6.10 Å². The summed E-state index contributed by atoms with van der Waals surface area (Å²) in [6.07, 6.45) is -1.01. The maximum Gasteiger partial charge on any atom is 0.340 e. The molecule has 1 rings (SSSR count). The average Bonchev–Trinajstić information content (AvgIpc) is 2.54. The van der Waals surface area contributed by atoms with Gasteiger partial charge in [-0.3, -0.25) is 9.68 Å². The van der Waals surface area contributed by atoms with Crippen LogP contribution in [0.25, 0.3) is 0 Å². The number of hydrogen-bond acceptors (Lipinski definition) is 8. The molecule has 0 aromatic rings. The number of hydrogen-bond donors (Lipinski definition) is 3. The third-order valence-electron chi connectivity index (χ3n) is 2.22. The van der Waals surface area contributed by atoms with Crippen molar-refractivity contribution in [1.29, 1.82) is 0 Å². The van der Waals surface area contributed by atoms with E-state index in [4.69, 9.17) is 22.4 Å². The SMILES string of the molecule is NOCCC[C@H]1OC(=O)[C@@H](ON)[C@H]1ON. The van der Waals surface area contributed by atoms with E-state index in [1.165, 1.54) is 0 Å². The number of carbonyl (C=O) groups is 1. The van der Waals surface area contributed by atoms with E-state index >= 15 is 0 Å². The standard InChI is InChI=1S/C7H15N3O5/c8-12-3-1-2-4-5(14-9)6(15-10)7(11)13-4/h4-6H,1-3,8-10H2/t4-,5+,6+/m1/s1. The second-order valence-electron chi connectivity index (χ2n) is 3.15. The lowest BCUT2D eigenvalue weighted by Gasteiger charge is -2.16. The van der Waals surface area contributed by atoms with Crippen molar-refractivity contribution >= 4 is 5.97 Å². The van der Waals surface area contributed by atoms with Crippen LogP contribution in [0, 0.1) is 0 Å². The fourth-order valence-corrected chi connectivity index (χ4v) is 1.50. The van der Waals surface area contributed by atoms with Gasteiger partial charge in [0.25, 0.3) is 0 Å². The molecule has 0 amide bonds. The highest BCUT2D eigenvalue weighted by molar-refractivity contribution is 5.78. The Kier molecular flexibility index (Phi) is 4.88. The van der Waals surface area contributed by atoms with Crippen molar-refractivity contribution < 1.29 is 24.0 Å². The summed E-state index contributed by atoms with van der Waals surface area (Å²) in [5.41, 5.74) is 0. The minimum Gasteiger partial charge on any atom is -0.457 e. The van der Waals surface area contributed by atoms with Crippen LogP contribution < -0.4 is 17.7 Å². The van der Waals surface area contributed by atoms with Gasteiger partial charge < -0.3 is 9.57 Å². The lowest BCUT2D eigenvalue weighted by molar-refractivity contribution is -0.150. The molecule has 15 heavy (non-hydrogen) atoms. The summed E-state index contributed by atoms with van der Waals surface area (Å²) in [6, 6.07) is 0. The molecule has 3 atom stereocenters. The van der Waals surface area contributed by atoms with Gasteiger partial charge in [-0.15, -0.1) is 0 Å². The Balaban J connectivity index is 2.47. The molecule has 1 heterocycles. The quantitative estimate of drug-likeness (QED) is 0.269. The number of esters is 1. The van der Waals surface area contributed by atoms with Crippen molar-refractivity contribution in [3.05, 3.63) is 0 Å². The van der Waals surface area contributed by atoms with E-state index in [9.17, 15) is 4.79 Å². The Morgan fingerprint density at radius 3 is 2.53 bits per heavy atom. The van der Waals surface area contributed by atoms with Crippen LogP contribution in [-0.2, 0) is 24.0 Å². The van der Waals surface area contributed by atoms with Gasteiger partial charge >= 0.3 is 5.97 Å². The summed E-state index contributed by atoms with van der Waals surface area (Å²) in [5.74, 6) is 14.2. The average molecular weight is 221 g/mol. The Morgan fingerprint density at radius 2 is 2.00 bits per heavy atom. The zero-order chi connectivity index (χ0) is 11.3. The molecule has 8 nitrogen and oxygen atoms in total. The monoisotopic (exact) mass is 221 g/mol. The van der Waals surface area contributed by atoms with Gasteiger partial charge in [0.05, 0.1) is 6.61 Å². The number of carbonyl (C=O) groups excluding carboxylic acids is 1. The molecule has 6 N–H and O–H groups in total. The van der Waals surface area contributed by atoms with Gasteiger partial charge in [0.2, 0.25) is 6.10 Å². The molecule has 0 bridgehead atoms. The first-order chi connectivity index (χ1) is 7.24. The molecule has 0 radical (unpaired) electrons. The summed E-state index contributed by atoms with van der Waals surface area (Å²) in [5, 5.41) is 0. The number of nitrogens with two attached hydrogens (primary N) is 3. The van der Waals surface area contributed by atoms with E-state index in [1.807, 2.05) is 0 Å². The van der Waals surface area contributed by atoms with E-state index in [1.54, 1.807) is 0 Å². The normalized spacial score (nSPS) is 30.6. The molecule has 0 unspecified atom stereocenters. The zero-order valence-corrected chi connectivity index (χ0v) is 8.13. The summed E-state index contributed by atoms with van der Waals surface area (Å²) >= 11 is 0. The van der Waals surface area contributed by atoms with Crippen LogP contribution in [0.2, 0.25) is 0 Å². The Bertz CT molecular complexity index is 215. The predicted octanol–water partition coefficient (Wildman–Crippen LogP) is -1.90. The van der Waals surface area contributed by atoms with Gasteiger partial charge in [0, 0.05) is 0 Å². The van der Waals surface area contributed by atoms with Gasteiger partial charge in [-0.1, -0.05) is 0 Å². The van der Waals surface area contributed by atoms with Crippen LogP contribution in [0.1, 0.15) is 12.8 Å². The summed E-state index contributed by atoms with van der Waals surface area (Å²) in [6.45, 7) is 0.361. The van der Waals surface area contributed by atoms with Crippen molar-refractivity contribution in [3.8, 4) is 0 Å². The molecule has 88 valence electrons. The van der Waals surface area contributed by atoms with E-state index in [0.29, 0.717) is 19.4 Å². The van der Waals surface area contributed by atoms with Gasteiger partial charge in [-0.2, -0.15) is 0 Å². The molecule has 0 aromatic carbocycles. The Morgan fingerprint density at radius 1 is 1.27 bits per heavy atom. The molecule has 8 heteroatoms. The highest BCUT2D eigenvalue weighted by Crippen LogP contribution is 2.23. The highest BCUT2D eigenvalue weighted by atomic mass is 16.7. The lowest BCUT2D eigenvalue weighted by atomic mass is 10.1. The summed E-state index contributed by atoms with van der Waals surface area (Å²) < 4.78 is 4.97.